The molecule has 1 unspecified atom stereocenters. The van der Waals surface area contributed by atoms with Crippen molar-refractivity contribution in [3.05, 3.63) is 39.0 Å². The zero-order valence-corrected chi connectivity index (χ0v) is 16.0. The maximum atomic E-state index is 13.0. The molecule has 1 heterocycles. The Morgan fingerprint density at radius 2 is 1.80 bits per heavy atom. The summed E-state index contributed by atoms with van der Waals surface area (Å²) in [6.45, 7) is 10.2. The Morgan fingerprint density at radius 3 is 2.40 bits per heavy atom. The predicted octanol–water partition coefficient (Wildman–Crippen LogP) is 3.83. The average molecular weight is 345 g/mol. The summed E-state index contributed by atoms with van der Waals surface area (Å²) in [4.78, 5) is 25.8. The van der Waals surface area contributed by atoms with Crippen molar-refractivity contribution >= 4 is 16.6 Å². The number of aryl methyl sites for hydroxylation is 1. The smallest absolute Gasteiger partial charge is 0.331 e. The van der Waals surface area contributed by atoms with E-state index in [9.17, 15) is 9.59 Å². The lowest BCUT2D eigenvalue weighted by molar-refractivity contribution is 0.392. The number of fused-ring (bicyclic) bond motifs is 1. The van der Waals surface area contributed by atoms with Gasteiger partial charge in [0.1, 0.15) is 0 Å². The number of hydrogen-bond acceptors (Lipinski definition) is 3. The van der Waals surface area contributed by atoms with Crippen molar-refractivity contribution in [2.24, 2.45) is 5.92 Å². The van der Waals surface area contributed by atoms with Crippen LogP contribution in [0, 0.1) is 5.92 Å². The SMILES string of the molecule is CCCC(CC)CCn1c(=O)c2cc(NCC)ccc2n(CC)c1=O. The topological polar surface area (TPSA) is 56.0 Å². The highest BCUT2D eigenvalue weighted by atomic mass is 16.2. The molecule has 5 heteroatoms. The van der Waals surface area contributed by atoms with E-state index in [0.29, 0.717) is 24.4 Å². The maximum absolute atomic E-state index is 13.0. The summed E-state index contributed by atoms with van der Waals surface area (Å²) in [5.41, 5.74) is 1.27. The van der Waals surface area contributed by atoms with Crippen molar-refractivity contribution in [1.29, 1.82) is 0 Å². The number of benzene rings is 1. The third-order valence-corrected chi connectivity index (χ3v) is 4.96. The first-order valence-corrected chi connectivity index (χ1v) is 9.58. The molecule has 0 saturated heterocycles. The summed E-state index contributed by atoms with van der Waals surface area (Å²) in [5.74, 6) is 0.565. The summed E-state index contributed by atoms with van der Waals surface area (Å²) in [6.07, 6.45) is 4.24. The van der Waals surface area contributed by atoms with Gasteiger partial charge >= 0.3 is 5.69 Å². The van der Waals surface area contributed by atoms with Crippen LogP contribution in [0.2, 0.25) is 0 Å². The van der Waals surface area contributed by atoms with Gasteiger partial charge in [-0.25, -0.2) is 4.79 Å². The van der Waals surface area contributed by atoms with Gasteiger partial charge in [-0.3, -0.25) is 13.9 Å². The van der Waals surface area contributed by atoms with Crippen LogP contribution < -0.4 is 16.6 Å². The van der Waals surface area contributed by atoms with Gasteiger partial charge in [0.25, 0.3) is 5.56 Å². The Balaban J connectivity index is 2.51. The van der Waals surface area contributed by atoms with E-state index in [1.54, 1.807) is 4.57 Å². The fraction of sp³-hybridized carbons (Fsp3) is 0.600. The third kappa shape index (κ3) is 4.14. The lowest BCUT2D eigenvalue weighted by atomic mass is 9.97. The van der Waals surface area contributed by atoms with Crippen LogP contribution in [0.15, 0.2) is 27.8 Å². The van der Waals surface area contributed by atoms with E-state index in [4.69, 9.17) is 0 Å². The van der Waals surface area contributed by atoms with Gasteiger partial charge in [0.15, 0.2) is 0 Å². The molecule has 0 aliphatic heterocycles. The van der Waals surface area contributed by atoms with E-state index in [2.05, 4.69) is 19.2 Å². The monoisotopic (exact) mass is 345 g/mol. The van der Waals surface area contributed by atoms with Gasteiger partial charge in [0.2, 0.25) is 0 Å². The lowest BCUT2D eigenvalue weighted by Crippen LogP contribution is -2.40. The van der Waals surface area contributed by atoms with Crippen molar-refractivity contribution in [1.82, 2.24) is 9.13 Å². The van der Waals surface area contributed by atoms with E-state index in [1.165, 1.54) is 4.57 Å². The molecule has 25 heavy (non-hydrogen) atoms. The Bertz CT molecular complexity index is 820. The van der Waals surface area contributed by atoms with E-state index in [0.717, 1.165) is 43.4 Å². The Labute approximate surface area is 149 Å². The van der Waals surface area contributed by atoms with Gasteiger partial charge in [-0.2, -0.15) is 0 Å². The second kappa shape index (κ2) is 8.88. The zero-order chi connectivity index (χ0) is 18.4. The van der Waals surface area contributed by atoms with Crippen LogP contribution in [0.3, 0.4) is 0 Å². The molecule has 0 spiro atoms. The molecule has 5 nitrogen and oxygen atoms in total. The Kier molecular flexibility index (Phi) is 6.85. The Morgan fingerprint density at radius 1 is 1.04 bits per heavy atom. The highest BCUT2D eigenvalue weighted by molar-refractivity contribution is 5.82. The van der Waals surface area contributed by atoms with Gasteiger partial charge in [0, 0.05) is 25.3 Å². The maximum Gasteiger partial charge on any atom is 0.331 e. The summed E-state index contributed by atoms with van der Waals surface area (Å²) < 4.78 is 3.13. The summed E-state index contributed by atoms with van der Waals surface area (Å²) >= 11 is 0. The molecule has 0 saturated carbocycles. The van der Waals surface area contributed by atoms with Gasteiger partial charge in [0.05, 0.1) is 10.9 Å². The van der Waals surface area contributed by atoms with Gasteiger partial charge in [-0.05, 0) is 44.4 Å². The number of rotatable bonds is 9. The minimum Gasteiger partial charge on any atom is -0.385 e. The molecule has 0 aliphatic carbocycles. The fourth-order valence-electron chi connectivity index (χ4n) is 3.51. The van der Waals surface area contributed by atoms with Crippen LogP contribution in [0.25, 0.3) is 10.9 Å². The first-order valence-electron chi connectivity index (χ1n) is 9.58. The van der Waals surface area contributed by atoms with Crippen molar-refractivity contribution in [3.63, 3.8) is 0 Å². The van der Waals surface area contributed by atoms with Gasteiger partial charge in [-0.1, -0.05) is 33.1 Å². The van der Waals surface area contributed by atoms with E-state index >= 15 is 0 Å². The predicted molar refractivity (Wildman–Crippen MR) is 106 cm³/mol. The van der Waals surface area contributed by atoms with Crippen molar-refractivity contribution in [3.8, 4) is 0 Å². The summed E-state index contributed by atoms with van der Waals surface area (Å²) in [5, 5.41) is 3.85. The molecule has 0 fully saturated rings. The second-order valence-corrected chi connectivity index (χ2v) is 6.60. The van der Waals surface area contributed by atoms with Crippen LogP contribution >= 0.6 is 0 Å². The quantitative estimate of drug-likeness (QED) is 0.751. The largest absolute Gasteiger partial charge is 0.385 e. The molecular weight excluding hydrogens is 314 g/mol. The summed E-state index contributed by atoms with van der Waals surface area (Å²) in [6, 6.07) is 5.66. The number of nitrogens with zero attached hydrogens (tertiary/aromatic N) is 2. The second-order valence-electron chi connectivity index (χ2n) is 6.60. The van der Waals surface area contributed by atoms with Gasteiger partial charge in [-0.15, -0.1) is 0 Å². The number of aromatic nitrogens is 2. The average Bonchev–Trinajstić information content (AvgIpc) is 2.61. The molecule has 0 aliphatic rings. The normalized spacial score (nSPS) is 12.5. The molecule has 2 aromatic rings. The molecule has 2 rings (SSSR count). The van der Waals surface area contributed by atoms with E-state index in [-0.39, 0.29) is 11.2 Å². The zero-order valence-electron chi connectivity index (χ0n) is 16.0. The minimum atomic E-state index is -0.192. The van der Waals surface area contributed by atoms with Crippen LogP contribution in [0.5, 0.6) is 0 Å². The van der Waals surface area contributed by atoms with Gasteiger partial charge < -0.3 is 5.32 Å². The van der Waals surface area contributed by atoms with Crippen molar-refractivity contribution in [2.75, 3.05) is 11.9 Å². The van der Waals surface area contributed by atoms with Crippen LogP contribution in [0.4, 0.5) is 5.69 Å². The molecule has 138 valence electrons. The molecule has 1 aromatic carbocycles. The van der Waals surface area contributed by atoms with Crippen LogP contribution in [-0.2, 0) is 13.1 Å². The standard InChI is InChI=1S/C20H31N3O2/c1-5-9-15(6-2)12-13-23-19(24)17-14-16(21-7-3)10-11-18(17)22(8-4)20(23)25/h10-11,14-15,21H,5-9,12-13H2,1-4H3. The van der Waals surface area contributed by atoms with E-state index < -0.39 is 0 Å². The molecule has 0 bridgehead atoms. The highest BCUT2D eigenvalue weighted by Gasteiger charge is 2.14. The Hall–Kier alpha value is -2.04. The number of nitrogens with one attached hydrogen (secondary N) is 1. The highest BCUT2D eigenvalue weighted by Crippen LogP contribution is 2.17. The molecule has 1 aromatic heterocycles. The molecule has 0 amide bonds. The first-order chi connectivity index (χ1) is 12.1. The van der Waals surface area contributed by atoms with Crippen LogP contribution in [-0.4, -0.2) is 15.7 Å². The fourth-order valence-corrected chi connectivity index (χ4v) is 3.51. The van der Waals surface area contributed by atoms with Crippen molar-refractivity contribution in [2.45, 2.75) is 66.5 Å². The lowest BCUT2D eigenvalue weighted by Gasteiger charge is -2.17. The van der Waals surface area contributed by atoms with Crippen molar-refractivity contribution < 1.29 is 0 Å². The molecule has 1 N–H and O–H groups in total. The molecular formula is C20H31N3O2. The first kappa shape index (κ1) is 19.3. The number of anilines is 1. The van der Waals surface area contributed by atoms with E-state index in [1.807, 2.05) is 32.0 Å². The summed E-state index contributed by atoms with van der Waals surface area (Å²) in [7, 11) is 0. The molecule has 1 atom stereocenters. The molecule has 0 radical (unpaired) electrons. The number of hydrogen-bond donors (Lipinski definition) is 1. The third-order valence-electron chi connectivity index (χ3n) is 4.96. The minimum absolute atomic E-state index is 0.171. The van der Waals surface area contributed by atoms with Crippen LogP contribution in [0.1, 0.15) is 53.4 Å².